The summed E-state index contributed by atoms with van der Waals surface area (Å²) in [5, 5.41) is 8.96. The molecule has 1 atom stereocenters. The molecule has 0 fully saturated rings. The Hall–Kier alpha value is -0.200. The predicted octanol–water partition coefficient (Wildman–Crippen LogP) is 2.30. The van der Waals surface area contributed by atoms with Crippen molar-refractivity contribution < 1.29 is 19.0 Å². The number of carboxylic acid groups (broad SMARTS) is 1. The van der Waals surface area contributed by atoms with Crippen molar-refractivity contribution in [2.75, 3.05) is 11.5 Å². The molecule has 0 aromatic rings. The van der Waals surface area contributed by atoms with Gasteiger partial charge in [0.25, 0.3) is 0 Å². The van der Waals surface area contributed by atoms with Gasteiger partial charge in [0.2, 0.25) is 0 Å². The third kappa shape index (κ3) is 6.40. The van der Waals surface area contributed by atoms with Gasteiger partial charge in [0, 0.05) is 0 Å². The molecular weight excluding hydrogens is 268 g/mol. The fourth-order valence-corrected chi connectivity index (χ4v) is 2.26. The number of aliphatic carboxylic acids is 1. The standard InChI is InChI=1S/C8H11NO4P2S/c1-2-16-4-3-7(8(10)11)9(5-14-12)6-15-13/h7H,2-4H2,1H3,(H,10,11)/t7-/m0/s1. The van der Waals surface area contributed by atoms with Crippen LogP contribution in [-0.4, -0.2) is 33.5 Å². The van der Waals surface area contributed by atoms with E-state index in [-0.39, 0.29) is 0 Å². The van der Waals surface area contributed by atoms with Crippen LogP contribution in [-0.2, 0) is 13.9 Å². The number of rotatable bonds is 6. The first-order chi connectivity index (χ1) is 7.67. The van der Waals surface area contributed by atoms with Crippen molar-refractivity contribution in [3.63, 3.8) is 0 Å². The predicted molar refractivity (Wildman–Crippen MR) is 63.9 cm³/mol. The quantitative estimate of drug-likeness (QED) is 0.457. The summed E-state index contributed by atoms with van der Waals surface area (Å²) in [6.07, 6.45) is 0.346. The molecule has 0 spiro atoms. The number of hydrogen-bond acceptors (Lipinski definition) is 5. The molecule has 0 bridgehead atoms. The summed E-state index contributed by atoms with van der Waals surface area (Å²) in [6, 6.07) is -0.929. The van der Waals surface area contributed by atoms with E-state index in [4.69, 9.17) is 5.11 Å². The fraction of sp³-hybridized carbons (Fsp3) is 0.625. The van der Waals surface area contributed by atoms with Crippen LogP contribution in [0.3, 0.4) is 0 Å². The Kier molecular flexibility index (Phi) is 9.86. The zero-order valence-electron chi connectivity index (χ0n) is 8.62. The van der Waals surface area contributed by atoms with Crippen LogP contribution in [0.2, 0.25) is 0 Å². The summed E-state index contributed by atoms with van der Waals surface area (Å²) in [4.78, 5) is 11.9. The van der Waals surface area contributed by atoms with E-state index in [0.29, 0.717) is 12.2 Å². The normalized spacial score (nSPS) is 11.4. The molecular formula is C8H11NO4P2S. The van der Waals surface area contributed by atoms with Gasteiger partial charge in [-0.3, -0.25) is 0 Å². The second-order valence-corrected chi connectivity index (χ2v) is 4.75. The molecule has 0 aliphatic carbocycles. The molecule has 88 valence electrons. The van der Waals surface area contributed by atoms with E-state index in [9.17, 15) is 13.9 Å². The molecule has 0 unspecified atom stereocenters. The van der Waals surface area contributed by atoms with Gasteiger partial charge < -0.3 is 0 Å². The number of hydrogen-bond donors (Lipinski definition) is 1. The molecule has 8 heteroatoms. The van der Waals surface area contributed by atoms with Crippen LogP contribution < -0.4 is 0 Å². The van der Waals surface area contributed by atoms with Crippen molar-refractivity contribution >= 4 is 33.6 Å². The Bertz CT molecular complexity index is 401. The number of carboxylic acids is 1. The topological polar surface area (TPSA) is 74.7 Å². The first-order valence-electron chi connectivity index (χ1n) is 4.43. The van der Waals surface area contributed by atoms with Crippen LogP contribution in [0.25, 0.3) is 0 Å². The maximum absolute atomic E-state index is 10.9. The molecule has 0 aliphatic rings. The van der Waals surface area contributed by atoms with Crippen LogP contribution >= 0.6 is 27.6 Å². The molecule has 16 heavy (non-hydrogen) atoms. The van der Waals surface area contributed by atoms with Crippen molar-refractivity contribution in [3.05, 3.63) is 0 Å². The van der Waals surface area contributed by atoms with Crippen LogP contribution in [0.1, 0.15) is 13.3 Å². The Morgan fingerprint density at radius 3 is 2.38 bits per heavy atom. The Balaban J connectivity index is 4.73. The first kappa shape index (κ1) is 15.8. The van der Waals surface area contributed by atoms with E-state index in [0.717, 1.165) is 10.7 Å². The number of nitrogens with zero attached hydrogens (tertiary/aromatic N) is 1. The molecule has 0 aliphatic heterocycles. The van der Waals surface area contributed by atoms with Gasteiger partial charge in [-0.15, -0.1) is 0 Å². The first-order valence-corrected chi connectivity index (χ1v) is 7.21. The fourth-order valence-electron chi connectivity index (χ4n) is 0.952. The third-order valence-corrected chi connectivity index (χ3v) is 3.16. The summed E-state index contributed by atoms with van der Waals surface area (Å²) >= 11 is 1.60. The van der Waals surface area contributed by atoms with Crippen molar-refractivity contribution in [2.24, 2.45) is 0 Å². The van der Waals surface area contributed by atoms with Crippen LogP contribution in [0.5, 0.6) is 0 Å². The summed E-state index contributed by atoms with van der Waals surface area (Å²) in [5.41, 5.74) is 0. The summed E-state index contributed by atoms with van der Waals surface area (Å²) in [7, 11) is -0.927. The van der Waals surface area contributed by atoms with Crippen molar-refractivity contribution in [2.45, 2.75) is 19.4 Å². The van der Waals surface area contributed by atoms with Gasteiger partial charge >= 0.3 is 99.9 Å². The maximum atomic E-state index is 10.9. The van der Waals surface area contributed by atoms with E-state index < -0.39 is 27.8 Å². The second kappa shape index (κ2) is 9.99. The van der Waals surface area contributed by atoms with Crippen LogP contribution in [0, 0.1) is 11.5 Å². The summed E-state index contributed by atoms with van der Waals surface area (Å²) in [6.45, 7) is 1.97. The minimum absolute atomic E-state index is 0.346. The molecule has 1 N–H and O–H groups in total. The molecule has 0 aromatic heterocycles. The molecule has 0 aromatic carbocycles. The van der Waals surface area contributed by atoms with E-state index in [2.05, 4.69) is 11.5 Å². The minimum atomic E-state index is -1.08. The number of thioether (sulfide) groups is 1. The van der Waals surface area contributed by atoms with Gasteiger partial charge in [-0.1, -0.05) is 0 Å². The van der Waals surface area contributed by atoms with E-state index >= 15 is 0 Å². The Morgan fingerprint density at radius 1 is 1.44 bits per heavy atom. The zero-order valence-corrected chi connectivity index (χ0v) is 11.2. The van der Waals surface area contributed by atoms with Gasteiger partial charge in [-0.05, 0) is 0 Å². The zero-order chi connectivity index (χ0) is 12.4. The van der Waals surface area contributed by atoms with Gasteiger partial charge in [-0.25, -0.2) is 0 Å². The van der Waals surface area contributed by atoms with Crippen molar-refractivity contribution in [1.29, 1.82) is 0 Å². The van der Waals surface area contributed by atoms with Crippen molar-refractivity contribution in [3.8, 4) is 11.5 Å². The van der Waals surface area contributed by atoms with Gasteiger partial charge in [0.1, 0.15) is 0 Å². The molecule has 0 heterocycles. The van der Waals surface area contributed by atoms with E-state index in [1.165, 1.54) is 0 Å². The van der Waals surface area contributed by atoms with Crippen molar-refractivity contribution in [1.82, 2.24) is 4.90 Å². The van der Waals surface area contributed by atoms with Crippen LogP contribution in [0.4, 0.5) is 0 Å². The SMILES string of the molecule is CCSCC[C@@H](C(=O)O)N(C#P=O)C#P=O. The molecule has 0 radical (unpaired) electrons. The third-order valence-electron chi connectivity index (χ3n) is 1.63. The summed E-state index contributed by atoms with van der Waals surface area (Å²) < 4.78 is 20.7. The van der Waals surface area contributed by atoms with Crippen LogP contribution in [0.15, 0.2) is 0 Å². The average molecular weight is 279 g/mol. The Morgan fingerprint density at radius 2 is 2.00 bits per heavy atom. The number of carbonyl (C=O) groups is 1. The summed E-state index contributed by atoms with van der Waals surface area (Å²) in [5.74, 6) is 4.94. The molecule has 5 nitrogen and oxygen atoms in total. The van der Waals surface area contributed by atoms with Gasteiger partial charge in [0.05, 0.1) is 0 Å². The van der Waals surface area contributed by atoms with Gasteiger partial charge in [-0.2, -0.15) is 0 Å². The Labute approximate surface area is 100 Å². The van der Waals surface area contributed by atoms with E-state index in [1.807, 2.05) is 6.92 Å². The van der Waals surface area contributed by atoms with Gasteiger partial charge in [0.15, 0.2) is 0 Å². The molecule has 0 rings (SSSR count). The molecule has 0 saturated heterocycles. The second-order valence-electron chi connectivity index (χ2n) is 2.59. The molecule has 0 saturated carbocycles. The van der Waals surface area contributed by atoms with E-state index in [1.54, 1.807) is 11.8 Å². The molecule has 0 amide bonds. The monoisotopic (exact) mass is 279 g/mol. The average Bonchev–Trinajstić information content (AvgIpc) is 2.24.